The highest BCUT2D eigenvalue weighted by molar-refractivity contribution is 6.17. The molecule has 1 aliphatic rings. The molecule has 0 radical (unpaired) electrons. The first-order chi connectivity index (χ1) is 7.81. The topological polar surface area (TPSA) is 31.4 Å². The number of hydrogen-bond acceptors (Lipinski definition) is 3. The Morgan fingerprint density at radius 2 is 2.50 bits per heavy atom. The molecule has 3 nitrogen and oxygen atoms in total. The number of alkyl halides is 1. The van der Waals surface area contributed by atoms with Crippen molar-refractivity contribution in [2.45, 2.75) is 24.8 Å². The lowest BCUT2D eigenvalue weighted by molar-refractivity contribution is 0.0647. The van der Waals surface area contributed by atoms with Crippen LogP contribution in [0.2, 0.25) is 0 Å². The van der Waals surface area contributed by atoms with Gasteiger partial charge in [0.05, 0.1) is 12.0 Å². The summed E-state index contributed by atoms with van der Waals surface area (Å²) >= 11 is 5.58. The fraction of sp³-hybridized carbons (Fsp3) is 0.545. The Kier molecular flexibility index (Phi) is 3.96. The Morgan fingerprint density at radius 1 is 1.62 bits per heavy atom. The van der Waals surface area contributed by atoms with E-state index in [2.05, 4.69) is 4.98 Å². The predicted molar refractivity (Wildman–Crippen MR) is 58.2 cm³/mol. The highest BCUT2D eigenvalue weighted by Gasteiger charge is 2.18. The van der Waals surface area contributed by atoms with Gasteiger partial charge in [-0.15, -0.1) is 11.6 Å². The first kappa shape index (κ1) is 11.6. The van der Waals surface area contributed by atoms with E-state index >= 15 is 0 Å². The number of ether oxygens (including phenoxy) is 2. The van der Waals surface area contributed by atoms with Crippen molar-refractivity contribution in [2.24, 2.45) is 0 Å². The van der Waals surface area contributed by atoms with Gasteiger partial charge in [-0.05, 0) is 18.9 Å². The van der Waals surface area contributed by atoms with Gasteiger partial charge in [0.2, 0.25) is 0 Å². The molecule has 1 fully saturated rings. The van der Waals surface area contributed by atoms with E-state index in [-0.39, 0.29) is 17.9 Å². The predicted octanol–water partition coefficient (Wildman–Crippen LogP) is 2.52. The number of nitrogens with zero attached hydrogens (tertiary/aromatic N) is 1. The monoisotopic (exact) mass is 245 g/mol. The van der Waals surface area contributed by atoms with E-state index in [1.807, 2.05) is 0 Å². The van der Waals surface area contributed by atoms with Gasteiger partial charge >= 0.3 is 0 Å². The minimum absolute atomic E-state index is 0.00801. The summed E-state index contributed by atoms with van der Waals surface area (Å²) in [4.78, 5) is 3.84. The summed E-state index contributed by atoms with van der Waals surface area (Å²) in [6.45, 7) is 1.10. The first-order valence-electron chi connectivity index (χ1n) is 5.25. The van der Waals surface area contributed by atoms with Gasteiger partial charge in [-0.1, -0.05) is 0 Å². The van der Waals surface area contributed by atoms with Crippen LogP contribution in [0.4, 0.5) is 4.39 Å². The lowest BCUT2D eigenvalue weighted by atomic mass is 10.2. The Balaban J connectivity index is 1.97. The molecule has 1 aliphatic heterocycles. The minimum atomic E-state index is -0.476. The molecule has 88 valence electrons. The molecule has 1 atom stereocenters. The van der Waals surface area contributed by atoms with Crippen molar-refractivity contribution in [1.82, 2.24) is 4.98 Å². The highest BCUT2D eigenvalue weighted by atomic mass is 35.5. The molecule has 1 aromatic rings. The van der Waals surface area contributed by atoms with E-state index in [0.29, 0.717) is 12.2 Å². The van der Waals surface area contributed by atoms with Crippen LogP contribution in [0.5, 0.6) is 5.88 Å². The summed E-state index contributed by atoms with van der Waals surface area (Å²) < 4.78 is 24.3. The maximum absolute atomic E-state index is 13.6. The Bertz CT molecular complexity index is 356. The van der Waals surface area contributed by atoms with E-state index < -0.39 is 5.82 Å². The molecular formula is C11H13ClFNO2. The molecule has 1 saturated heterocycles. The summed E-state index contributed by atoms with van der Waals surface area (Å²) in [5.41, 5.74) is 0.402. The van der Waals surface area contributed by atoms with Crippen LogP contribution < -0.4 is 4.74 Å². The van der Waals surface area contributed by atoms with Crippen LogP contribution in [0.25, 0.3) is 0 Å². The van der Waals surface area contributed by atoms with Gasteiger partial charge in [-0.3, -0.25) is 0 Å². The number of aromatic nitrogens is 1. The van der Waals surface area contributed by atoms with Crippen LogP contribution in [-0.4, -0.2) is 24.3 Å². The molecule has 0 amide bonds. The Hall–Kier alpha value is -0.870. The minimum Gasteiger partial charge on any atom is -0.473 e. The molecule has 2 heterocycles. The molecule has 0 spiro atoms. The van der Waals surface area contributed by atoms with E-state index in [1.54, 1.807) is 6.07 Å². The van der Waals surface area contributed by atoms with Crippen LogP contribution in [0.1, 0.15) is 18.4 Å². The summed E-state index contributed by atoms with van der Waals surface area (Å²) in [6, 6.07) is 1.54. The average Bonchev–Trinajstić information content (AvgIpc) is 2.81. The SMILES string of the molecule is Fc1c(CCl)ccnc1OCC1CCCO1. The average molecular weight is 246 g/mol. The van der Waals surface area contributed by atoms with Crippen LogP contribution >= 0.6 is 11.6 Å². The smallest absolute Gasteiger partial charge is 0.250 e. The van der Waals surface area contributed by atoms with Crippen molar-refractivity contribution in [3.8, 4) is 5.88 Å². The maximum Gasteiger partial charge on any atom is 0.250 e. The fourth-order valence-electron chi connectivity index (χ4n) is 1.61. The Labute approximate surface area is 98.5 Å². The molecule has 1 aromatic heterocycles. The highest BCUT2D eigenvalue weighted by Crippen LogP contribution is 2.20. The van der Waals surface area contributed by atoms with Crippen molar-refractivity contribution < 1.29 is 13.9 Å². The standard InChI is InChI=1S/C11H13ClFNO2/c12-6-8-3-4-14-11(10(8)13)16-7-9-2-1-5-15-9/h3-4,9H,1-2,5-7H2. The Morgan fingerprint density at radius 3 is 3.19 bits per heavy atom. The van der Waals surface area contributed by atoms with Gasteiger partial charge in [0.25, 0.3) is 5.88 Å². The molecule has 0 bridgehead atoms. The van der Waals surface area contributed by atoms with Crippen LogP contribution in [0.15, 0.2) is 12.3 Å². The van der Waals surface area contributed by atoms with Gasteiger partial charge in [-0.2, -0.15) is 0 Å². The number of rotatable bonds is 4. The van der Waals surface area contributed by atoms with Gasteiger partial charge in [0.15, 0.2) is 5.82 Å². The van der Waals surface area contributed by atoms with Crippen molar-refractivity contribution in [3.63, 3.8) is 0 Å². The van der Waals surface area contributed by atoms with Crippen LogP contribution in [0.3, 0.4) is 0 Å². The van der Waals surface area contributed by atoms with Crippen LogP contribution in [-0.2, 0) is 10.6 Å². The van der Waals surface area contributed by atoms with Gasteiger partial charge in [0.1, 0.15) is 6.61 Å². The second kappa shape index (κ2) is 5.46. The third-order valence-electron chi connectivity index (χ3n) is 2.51. The third-order valence-corrected chi connectivity index (χ3v) is 2.80. The van der Waals surface area contributed by atoms with E-state index in [0.717, 1.165) is 19.4 Å². The number of pyridine rings is 1. The van der Waals surface area contributed by atoms with E-state index in [9.17, 15) is 4.39 Å². The normalized spacial score (nSPS) is 20.0. The molecule has 0 aromatic carbocycles. The summed E-state index contributed by atoms with van der Waals surface area (Å²) in [5, 5.41) is 0. The summed E-state index contributed by atoms with van der Waals surface area (Å²) in [7, 11) is 0. The molecule has 16 heavy (non-hydrogen) atoms. The maximum atomic E-state index is 13.6. The molecule has 5 heteroatoms. The second-order valence-electron chi connectivity index (χ2n) is 3.67. The molecule has 0 N–H and O–H groups in total. The molecule has 1 unspecified atom stereocenters. The lowest BCUT2D eigenvalue weighted by Gasteiger charge is -2.11. The van der Waals surface area contributed by atoms with Gasteiger partial charge in [-0.25, -0.2) is 9.37 Å². The van der Waals surface area contributed by atoms with E-state index in [1.165, 1.54) is 6.20 Å². The van der Waals surface area contributed by atoms with Crippen molar-refractivity contribution in [1.29, 1.82) is 0 Å². The first-order valence-corrected chi connectivity index (χ1v) is 5.78. The molecule has 2 rings (SSSR count). The summed E-state index contributed by atoms with van der Waals surface area (Å²) in [5.74, 6) is -0.353. The van der Waals surface area contributed by atoms with Crippen molar-refractivity contribution in [3.05, 3.63) is 23.6 Å². The molecule has 0 aliphatic carbocycles. The summed E-state index contributed by atoms with van der Waals surface area (Å²) in [6.07, 6.45) is 3.54. The zero-order chi connectivity index (χ0) is 11.4. The lowest BCUT2D eigenvalue weighted by Crippen LogP contribution is -2.17. The zero-order valence-electron chi connectivity index (χ0n) is 8.79. The third kappa shape index (κ3) is 2.62. The second-order valence-corrected chi connectivity index (χ2v) is 3.94. The quantitative estimate of drug-likeness (QED) is 0.764. The zero-order valence-corrected chi connectivity index (χ0v) is 9.54. The molecule has 0 saturated carbocycles. The van der Waals surface area contributed by atoms with Crippen molar-refractivity contribution in [2.75, 3.05) is 13.2 Å². The molecular weight excluding hydrogens is 233 g/mol. The van der Waals surface area contributed by atoms with Crippen molar-refractivity contribution >= 4 is 11.6 Å². The number of halogens is 2. The van der Waals surface area contributed by atoms with E-state index in [4.69, 9.17) is 21.1 Å². The number of hydrogen-bond donors (Lipinski definition) is 0. The van der Waals surface area contributed by atoms with Gasteiger partial charge < -0.3 is 9.47 Å². The largest absolute Gasteiger partial charge is 0.473 e. The van der Waals surface area contributed by atoms with Gasteiger partial charge in [0, 0.05) is 18.4 Å². The van der Waals surface area contributed by atoms with Crippen LogP contribution in [0, 0.1) is 5.82 Å². The fourth-order valence-corrected chi connectivity index (χ4v) is 1.82.